The molecule has 11 heteroatoms. The van der Waals surface area contributed by atoms with Crippen LogP contribution in [-0.4, -0.2) is 49.7 Å². The molecular weight excluding hydrogens is 432 g/mol. The number of halogens is 4. The minimum absolute atomic E-state index is 0.138. The van der Waals surface area contributed by atoms with Crippen molar-refractivity contribution in [3.05, 3.63) is 60.6 Å². The molecule has 32 heavy (non-hydrogen) atoms. The molecule has 1 aliphatic rings. The van der Waals surface area contributed by atoms with Gasteiger partial charge < -0.3 is 10.0 Å². The summed E-state index contributed by atoms with van der Waals surface area (Å²) in [4.78, 5) is 28.9. The van der Waals surface area contributed by atoms with Crippen LogP contribution in [0.3, 0.4) is 0 Å². The monoisotopic (exact) mass is 448 g/mol. The lowest BCUT2D eigenvalue weighted by molar-refractivity contribution is -0.150. The molecule has 1 aromatic carbocycles. The summed E-state index contributed by atoms with van der Waals surface area (Å²) in [5.74, 6) is -3.27. The zero-order valence-corrected chi connectivity index (χ0v) is 16.4. The molecule has 4 rings (SSSR count). The third kappa shape index (κ3) is 3.59. The quantitative estimate of drug-likeness (QED) is 0.476. The van der Waals surface area contributed by atoms with Gasteiger partial charge in [0.05, 0.1) is 12.0 Å². The van der Waals surface area contributed by atoms with Gasteiger partial charge in [-0.15, -0.1) is 0 Å². The second-order valence-electron chi connectivity index (χ2n) is 7.57. The first kappa shape index (κ1) is 21.5. The normalized spacial score (nSPS) is 15.4. The van der Waals surface area contributed by atoms with Gasteiger partial charge in [-0.3, -0.25) is 9.59 Å². The summed E-state index contributed by atoms with van der Waals surface area (Å²) in [6.07, 6.45) is -3.44. The fourth-order valence-electron chi connectivity index (χ4n) is 3.89. The van der Waals surface area contributed by atoms with Crippen LogP contribution >= 0.6 is 0 Å². The van der Waals surface area contributed by atoms with Crippen LogP contribution in [0.5, 0.6) is 0 Å². The van der Waals surface area contributed by atoms with E-state index in [1.807, 2.05) is 0 Å². The first-order chi connectivity index (χ1) is 15.0. The van der Waals surface area contributed by atoms with Crippen molar-refractivity contribution in [2.75, 3.05) is 13.1 Å². The Hall–Kier alpha value is -3.76. The van der Waals surface area contributed by atoms with Crippen molar-refractivity contribution in [2.24, 2.45) is 0 Å². The standard InChI is InChI=1S/C21H16F4N4O3/c1-12(22)19(32)28-10-20(11-28,9-16(30)31)29-18-15(3-2-8-26-18)17(27-29)13-4-6-14(7-5-13)21(23,24)25/h2-8H,1,9-11H2,(H,30,31). The topological polar surface area (TPSA) is 88.3 Å². The van der Waals surface area contributed by atoms with Crippen LogP contribution in [0.15, 0.2) is 55.0 Å². The fraction of sp³-hybridized carbons (Fsp3) is 0.238. The van der Waals surface area contributed by atoms with Crippen molar-refractivity contribution in [3.8, 4) is 11.3 Å². The van der Waals surface area contributed by atoms with Gasteiger partial charge >= 0.3 is 12.1 Å². The number of likely N-dealkylation sites (tertiary alicyclic amines) is 1. The Balaban J connectivity index is 1.80. The summed E-state index contributed by atoms with van der Waals surface area (Å²) in [5.41, 5.74) is -1.02. The highest BCUT2D eigenvalue weighted by Gasteiger charge is 2.50. The maximum atomic E-state index is 13.3. The molecule has 0 bridgehead atoms. The van der Waals surface area contributed by atoms with Crippen LogP contribution in [0.1, 0.15) is 12.0 Å². The minimum atomic E-state index is -4.49. The van der Waals surface area contributed by atoms with E-state index < -0.39 is 41.4 Å². The number of carbonyl (C=O) groups excluding carboxylic acids is 1. The van der Waals surface area contributed by atoms with E-state index in [0.29, 0.717) is 22.3 Å². The summed E-state index contributed by atoms with van der Waals surface area (Å²) in [5, 5.41) is 14.4. The van der Waals surface area contributed by atoms with E-state index in [1.165, 1.54) is 23.0 Å². The Morgan fingerprint density at radius 2 is 1.81 bits per heavy atom. The van der Waals surface area contributed by atoms with E-state index in [9.17, 15) is 32.3 Å². The number of carbonyl (C=O) groups is 2. The first-order valence-electron chi connectivity index (χ1n) is 9.39. The Kier molecular flexibility index (Phi) is 4.99. The molecular formula is C21H16F4N4O3. The zero-order valence-electron chi connectivity index (χ0n) is 16.4. The van der Waals surface area contributed by atoms with Gasteiger partial charge in [-0.2, -0.15) is 18.3 Å². The molecule has 0 radical (unpaired) electrons. The number of nitrogens with zero attached hydrogens (tertiary/aromatic N) is 4. The molecule has 0 unspecified atom stereocenters. The lowest BCUT2D eigenvalue weighted by Crippen LogP contribution is -2.65. The maximum absolute atomic E-state index is 13.3. The van der Waals surface area contributed by atoms with Gasteiger partial charge in [-0.25, -0.2) is 14.1 Å². The van der Waals surface area contributed by atoms with Crippen molar-refractivity contribution in [1.82, 2.24) is 19.7 Å². The fourth-order valence-corrected chi connectivity index (χ4v) is 3.89. The maximum Gasteiger partial charge on any atom is 0.416 e. The third-order valence-corrected chi connectivity index (χ3v) is 5.35. The molecule has 0 atom stereocenters. The molecule has 3 heterocycles. The summed E-state index contributed by atoms with van der Waals surface area (Å²) in [6, 6.07) is 7.69. The molecule has 1 saturated heterocycles. The van der Waals surface area contributed by atoms with Crippen LogP contribution in [0.2, 0.25) is 0 Å². The van der Waals surface area contributed by atoms with Crippen molar-refractivity contribution in [3.63, 3.8) is 0 Å². The number of pyridine rings is 1. The number of carboxylic acids is 1. The summed E-state index contributed by atoms with van der Waals surface area (Å²) in [6.45, 7) is 2.69. The number of carboxylic acid groups (broad SMARTS) is 1. The molecule has 1 aliphatic heterocycles. The van der Waals surface area contributed by atoms with Crippen molar-refractivity contribution in [2.45, 2.75) is 18.1 Å². The Morgan fingerprint density at radius 1 is 1.16 bits per heavy atom. The second-order valence-corrected chi connectivity index (χ2v) is 7.57. The van der Waals surface area contributed by atoms with Crippen molar-refractivity contribution < 1.29 is 32.3 Å². The number of hydrogen-bond donors (Lipinski definition) is 1. The molecule has 166 valence electrons. The van der Waals surface area contributed by atoms with Crippen LogP contribution in [-0.2, 0) is 21.3 Å². The van der Waals surface area contributed by atoms with Crippen molar-refractivity contribution >= 4 is 22.9 Å². The third-order valence-electron chi connectivity index (χ3n) is 5.35. The van der Waals surface area contributed by atoms with Gasteiger partial charge in [-0.05, 0) is 24.3 Å². The number of hydrogen-bond acceptors (Lipinski definition) is 4. The molecule has 0 aliphatic carbocycles. The predicted molar refractivity (Wildman–Crippen MR) is 105 cm³/mol. The largest absolute Gasteiger partial charge is 0.481 e. The number of amides is 1. The lowest BCUT2D eigenvalue weighted by Gasteiger charge is -2.49. The van der Waals surface area contributed by atoms with Gasteiger partial charge in [-0.1, -0.05) is 18.7 Å². The summed E-state index contributed by atoms with van der Waals surface area (Å²) in [7, 11) is 0. The van der Waals surface area contributed by atoms with E-state index in [4.69, 9.17) is 0 Å². The number of fused-ring (bicyclic) bond motifs is 1. The number of aromatic nitrogens is 3. The van der Waals surface area contributed by atoms with E-state index >= 15 is 0 Å². The average molecular weight is 448 g/mol. The lowest BCUT2D eigenvalue weighted by atomic mass is 9.86. The molecule has 1 N–H and O–H groups in total. The first-order valence-corrected chi connectivity index (χ1v) is 9.39. The van der Waals surface area contributed by atoms with Crippen LogP contribution in [0.4, 0.5) is 17.6 Å². The Bertz CT molecular complexity index is 1230. The SMILES string of the molecule is C=C(F)C(=O)N1CC(CC(=O)O)(n2nc(-c3ccc(C(F)(F)F)cc3)c3cccnc32)C1. The molecule has 0 saturated carbocycles. The van der Waals surface area contributed by atoms with Gasteiger partial charge in [0, 0.05) is 30.2 Å². The molecule has 0 spiro atoms. The minimum Gasteiger partial charge on any atom is -0.481 e. The molecule has 2 aromatic heterocycles. The second kappa shape index (κ2) is 7.43. The smallest absolute Gasteiger partial charge is 0.416 e. The predicted octanol–water partition coefficient (Wildman–Crippen LogP) is 3.61. The van der Waals surface area contributed by atoms with E-state index in [-0.39, 0.29) is 13.1 Å². The van der Waals surface area contributed by atoms with Crippen molar-refractivity contribution in [1.29, 1.82) is 0 Å². The van der Waals surface area contributed by atoms with Gasteiger partial charge in [0.2, 0.25) is 0 Å². The summed E-state index contributed by atoms with van der Waals surface area (Å²) >= 11 is 0. The summed E-state index contributed by atoms with van der Waals surface area (Å²) < 4.78 is 53.4. The van der Waals surface area contributed by atoms with E-state index in [2.05, 4.69) is 16.7 Å². The number of alkyl halides is 3. The highest BCUT2D eigenvalue weighted by molar-refractivity contribution is 5.93. The van der Waals surface area contributed by atoms with Crippen LogP contribution in [0.25, 0.3) is 22.3 Å². The van der Waals surface area contributed by atoms with E-state index in [0.717, 1.165) is 17.0 Å². The number of benzene rings is 1. The Morgan fingerprint density at radius 3 is 2.38 bits per heavy atom. The highest BCUT2D eigenvalue weighted by atomic mass is 19.4. The zero-order chi connectivity index (χ0) is 23.3. The highest BCUT2D eigenvalue weighted by Crippen LogP contribution is 2.39. The Labute approximate surface area is 178 Å². The molecule has 1 amide bonds. The average Bonchev–Trinajstić information content (AvgIpc) is 3.09. The van der Waals surface area contributed by atoms with E-state index in [1.54, 1.807) is 12.1 Å². The molecule has 7 nitrogen and oxygen atoms in total. The van der Waals surface area contributed by atoms with Gasteiger partial charge in [0.15, 0.2) is 11.5 Å². The van der Waals surface area contributed by atoms with Gasteiger partial charge in [0.25, 0.3) is 5.91 Å². The molecule has 1 fully saturated rings. The van der Waals surface area contributed by atoms with Crippen LogP contribution < -0.4 is 0 Å². The van der Waals surface area contributed by atoms with Crippen LogP contribution in [0, 0.1) is 0 Å². The number of rotatable bonds is 5. The van der Waals surface area contributed by atoms with Gasteiger partial charge in [0.1, 0.15) is 11.2 Å². The molecule has 3 aromatic rings. The number of aliphatic carboxylic acids is 1.